The number of urea groups is 1. The molecule has 3 heterocycles. The molecule has 3 aliphatic heterocycles. The topological polar surface area (TPSA) is 76.5 Å². The first kappa shape index (κ1) is 18.2. The van der Waals surface area contributed by atoms with Crippen LogP contribution in [0.3, 0.4) is 0 Å². The number of imide groups is 1. The second-order valence-electron chi connectivity index (χ2n) is 7.59. The zero-order chi connectivity index (χ0) is 20.3. The first-order chi connectivity index (χ1) is 13.2. The molecule has 3 aliphatic rings. The number of guanidine groups is 1. The van der Waals surface area contributed by atoms with Crippen LogP contribution >= 0.6 is 0 Å². The van der Waals surface area contributed by atoms with Crippen LogP contribution in [0.25, 0.3) is 0 Å². The highest BCUT2D eigenvalue weighted by Crippen LogP contribution is 2.36. The smallest absolute Gasteiger partial charge is 0.302 e. The van der Waals surface area contributed by atoms with Crippen LogP contribution in [0.4, 0.5) is 10.5 Å². The number of nitrogens with zero attached hydrogens (tertiary/aromatic N) is 5. The molecule has 0 bridgehead atoms. The third kappa shape index (κ3) is 2.51. The maximum Gasteiger partial charge on any atom is 0.328 e. The average molecular weight is 381 g/mol. The molecule has 0 aromatic heterocycles. The first-order valence-corrected chi connectivity index (χ1v) is 9.20. The molecule has 8 nitrogen and oxygen atoms in total. The van der Waals surface area contributed by atoms with E-state index in [0.29, 0.717) is 5.96 Å². The van der Waals surface area contributed by atoms with Gasteiger partial charge in [0.15, 0.2) is 12.2 Å². The average Bonchev–Trinajstić information content (AvgIpc) is 3.14. The van der Waals surface area contributed by atoms with Gasteiger partial charge in [0, 0.05) is 24.6 Å². The summed E-state index contributed by atoms with van der Waals surface area (Å²) >= 11 is 0. The van der Waals surface area contributed by atoms with E-state index in [4.69, 9.17) is 4.99 Å². The molecule has 146 valence electrons. The number of carbonyl (C=O) groups is 3. The van der Waals surface area contributed by atoms with E-state index in [0.717, 1.165) is 21.8 Å². The number of benzene rings is 1. The van der Waals surface area contributed by atoms with Crippen LogP contribution in [0.15, 0.2) is 35.1 Å². The second kappa shape index (κ2) is 6.19. The van der Waals surface area contributed by atoms with Gasteiger partial charge >= 0.3 is 6.03 Å². The van der Waals surface area contributed by atoms with E-state index in [1.807, 2.05) is 29.0 Å². The summed E-state index contributed by atoms with van der Waals surface area (Å²) in [6.07, 6.45) is 1.27. The Morgan fingerprint density at radius 2 is 1.86 bits per heavy atom. The Bertz CT molecular complexity index is 967. The zero-order valence-corrected chi connectivity index (χ0v) is 16.6. The number of rotatable bonds is 3. The summed E-state index contributed by atoms with van der Waals surface area (Å²) < 4.78 is 0. The molecule has 1 saturated heterocycles. The third-order valence-electron chi connectivity index (χ3n) is 5.52. The summed E-state index contributed by atoms with van der Waals surface area (Å²) in [5.74, 6) is -0.0148. The van der Waals surface area contributed by atoms with Gasteiger partial charge in [-0.2, -0.15) is 0 Å². The molecule has 4 rings (SSSR count). The molecule has 0 saturated carbocycles. The highest BCUT2D eigenvalue weighted by molar-refractivity contribution is 6.10. The zero-order valence-electron chi connectivity index (χ0n) is 16.6. The molecular formula is C20H23N5O3. The molecule has 8 heteroatoms. The summed E-state index contributed by atoms with van der Waals surface area (Å²) in [6.45, 7) is 7.21. The Morgan fingerprint density at radius 3 is 2.50 bits per heavy atom. The lowest BCUT2D eigenvalue weighted by Gasteiger charge is -2.39. The molecule has 0 aliphatic carbocycles. The summed E-state index contributed by atoms with van der Waals surface area (Å²) in [4.78, 5) is 48.2. The number of hydrogen-bond acceptors (Lipinski definition) is 6. The van der Waals surface area contributed by atoms with Crippen molar-refractivity contribution in [2.45, 2.75) is 39.9 Å². The predicted octanol–water partition coefficient (Wildman–Crippen LogP) is 1.83. The predicted molar refractivity (Wildman–Crippen MR) is 105 cm³/mol. The van der Waals surface area contributed by atoms with Gasteiger partial charge in [-0.25, -0.2) is 9.79 Å². The Labute approximate surface area is 163 Å². The van der Waals surface area contributed by atoms with Crippen molar-refractivity contribution >= 4 is 29.4 Å². The van der Waals surface area contributed by atoms with Crippen molar-refractivity contribution in [1.29, 1.82) is 0 Å². The van der Waals surface area contributed by atoms with Crippen molar-refractivity contribution in [1.82, 2.24) is 14.7 Å². The maximum atomic E-state index is 13.1. The number of hydrogen-bond donors (Lipinski definition) is 0. The number of anilines is 1. The number of carbonyl (C=O) groups excluding carboxylic acids is 3. The van der Waals surface area contributed by atoms with Crippen molar-refractivity contribution in [3.05, 3.63) is 41.2 Å². The lowest BCUT2D eigenvalue weighted by atomic mass is 10.1. The number of amides is 3. The van der Waals surface area contributed by atoms with Crippen LogP contribution in [-0.2, 0) is 9.59 Å². The summed E-state index contributed by atoms with van der Waals surface area (Å²) in [5, 5.41) is 0. The Morgan fingerprint density at radius 1 is 1.14 bits per heavy atom. The van der Waals surface area contributed by atoms with Gasteiger partial charge in [-0.3, -0.25) is 19.4 Å². The van der Waals surface area contributed by atoms with E-state index in [-0.39, 0.29) is 12.3 Å². The fraction of sp³-hybridized carbons (Fsp3) is 0.400. The highest BCUT2D eigenvalue weighted by atomic mass is 16.2. The van der Waals surface area contributed by atoms with Gasteiger partial charge in [0.25, 0.3) is 5.91 Å². The quantitative estimate of drug-likeness (QED) is 0.798. The fourth-order valence-electron chi connectivity index (χ4n) is 3.91. The standard InChI is InChI=1S/C20H23N5O3/c1-11-6-7-15(8-12(11)2)25-13(3)9-23-16-17(21-19(23)25)22(5)20(28)24(18(16)27)10-14(4)26/h6-9,16-17H,10H2,1-5H3. The van der Waals surface area contributed by atoms with Crippen LogP contribution in [0.1, 0.15) is 25.0 Å². The van der Waals surface area contributed by atoms with Crippen LogP contribution in [0, 0.1) is 13.8 Å². The fourth-order valence-corrected chi connectivity index (χ4v) is 3.91. The number of allylic oxidation sites excluding steroid dienone is 1. The van der Waals surface area contributed by atoms with Crippen molar-refractivity contribution in [2.24, 2.45) is 4.99 Å². The number of fused-ring (bicyclic) bond motifs is 3. The number of aryl methyl sites for hydroxylation is 2. The SMILES string of the molecule is CC(=O)CN1C(=O)C2C(N=C3N(c4ccc(C)c(C)c4)C(C)=CN32)N(C)C1=O. The van der Waals surface area contributed by atoms with Crippen LogP contribution in [-0.4, -0.2) is 64.2 Å². The number of Topliss-reactive ketones (excluding diaryl/α,β-unsaturated/α-hetero) is 1. The molecule has 28 heavy (non-hydrogen) atoms. The summed E-state index contributed by atoms with van der Waals surface area (Å²) in [6, 6.07) is 5.00. The van der Waals surface area contributed by atoms with Crippen LogP contribution < -0.4 is 4.90 Å². The van der Waals surface area contributed by atoms with E-state index in [1.165, 1.54) is 17.4 Å². The van der Waals surface area contributed by atoms with Gasteiger partial charge in [-0.1, -0.05) is 6.07 Å². The maximum absolute atomic E-state index is 13.1. The van der Waals surface area contributed by atoms with Gasteiger partial charge < -0.3 is 9.80 Å². The molecule has 1 aromatic rings. The summed E-state index contributed by atoms with van der Waals surface area (Å²) in [7, 11) is 1.61. The minimum absolute atomic E-state index is 0.224. The van der Waals surface area contributed by atoms with Gasteiger partial charge in [0.05, 0.1) is 6.54 Å². The molecule has 1 aromatic carbocycles. The number of likely N-dealkylation sites (N-methyl/N-ethyl adjacent to an activating group) is 1. The largest absolute Gasteiger partial charge is 0.328 e. The first-order valence-electron chi connectivity index (χ1n) is 9.20. The second-order valence-corrected chi connectivity index (χ2v) is 7.59. The molecule has 2 atom stereocenters. The van der Waals surface area contributed by atoms with Crippen molar-refractivity contribution in [3.63, 3.8) is 0 Å². The molecule has 3 amide bonds. The molecule has 0 spiro atoms. The van der Waals surface area contributed by atoms with E-state index in [9.17, 15) is 14.4 Å². The van der Waals surface area contributed by atoms with E-state index in [2.05, 4.69) is 26.0 Å². The molecule has 1 fully saturated rings. The lowest BCUT2D eigenvalue weighted by molar-refractivity contribution is -0.139. The van der Waals surface area contributed by atoms with Crippen molar-refractivity contribution in [2.75, 3.05) is 18.5 Å². The van der Waals surface area contributed by atoms with Gasteiger partial charge in [0.2, 0.25) is 5.96 Å². The van der Waals surface area contributed by atoms with E-state index in [1.54, 1.807) is 7.05 Å². The molecular weight excluding hydrogens is 358 g/mol. The number of ketones is 1. The van der Waals surface area contributed by atoms with Crippen LogP contribution in [0.5, 0.6) is 0 Å². The Balaban J connectivity index is 1.73. The summed E-state index contributed by atoms with van der Waals surface area (Å²) in [5.41, 5.74) is 4.25. The minimum atomic E-state index is -0.663. The Kier molecular flexibility index (Phi) is 4.02. The molecule has 0 radical (unpaired) electrons. The van der Waals surface area contributed by atoms with Crippen LogP contribution in [0.2, 0.25) is 0 Å². The highest BCUT2D eigenvalue weighted by Gasteiger charge is 2.54. The Hall–Kier alpha value is -3.16. The number of aliphatic imine (C=N–C) groups is 1. The van der Waals surface area contributed by atoms with Crippen molar-refractivity contribution < 1.29 is 14.4 Å². The van der Waals surface area contributed by atoms with Gasteiger partial charge in [-0.15, -0.1) is 0 Å². The minimum Gasteiger partial charge on any atom is -0.302 e. The molecule has 2 unspecified atom stereocenters. The van der Waals surface area contributed by atoms with E-state index < -0.39 is 24.1 Å². The van der Waals surface area contributed by atoms with E-state index >= 15 is 0 Å². The third-order valence-corrected chi connectivity index (χ3v) is 5.52. The molecule has 0 N–H and O–H groups in total. The van der Waals surface area contributed by atoms with Gasteiger partial charge in [0.1, 0.15) is 5.78 Å². The lowest BCUT2D eigenvalue weighted by Crippen LogP contribution is -2.64. The van der Waals surface area contributed by atoms with Gasteiger partial charge in [-0.05, 0) is 51.0 Å². The monoisotopic (exact) mass is 381 g/mol. The normalized spacial score (nSPS) is 23.8. The van der Waals surface area contributed by atoms with Crippen molar-refractivity contribution in [3.8, 4) is 0 Å².